The Hall–Kier alpha value is -1.33. The largest absolute Gasteiger partial charge is 4.00 e. The Morgan fingerprint density at radius 2 is 0.861 bits per heavy atom. The molecule has 0 N–H and O–H groups in total. The number of hydrogen-bond donors (Lipinski definition) is 0. The Morgan fingerprint density at radius 3 is 1.19 bits per heavy atom. The van der Waals surface area contributed by atoms with Crippen LogP contribution in [0.4, 0.5) is 8.78 Å². The molecule has 4 rings (SSSR count). The summed E-state index contributed by atoms with van der Waals surface area (Å²) in [4.78, 5) is 0. The zero-order valence-corrected chi connectivity index (χ0v) is 26.1. The van der Waals surface area contributed by atoms with Crippen LogP contribution >= 0.6 is 0 Å². The normalized spacial score (nSPS) is 10.4. The van der Waals surface area contributed by atoms with Crippen molar-refractivity contribution in [2.75, 3.05) is 0 Å². The van der Waals surface area contributed by atoms with Gasteiger partial charge in [-0.05, 0) is 38.1 Å². The Bertz CT molecular complexity index is 1210. The van der Waals surface area contributed by atoms with Crippen LogP contribution in [0.3, 0.4) is 0 Å². The zero-order chi connectivity index (χ0) is 23.2. The summed E-state index contributed by atoms with van der Waals surface area (Å²) in [6.45, 7) is 13.0. The molecule has 0 amide bonds. The molecule has 4 aromatic rings. The summed E-state index contributed by atoms with van der Waals surface area (Å²) in [6, 6.07) is 20.6. The Kier molecular flexibility index (Phi) is 13.0. The second kappa shape index (κ2) is 13.5. The molecule has 4 aromatic carbocycles. The molecule has 0 unspecified atom stereocenters. The second-order valence-corrected chi connectivity index (χ2v) is 12.7. The van der Waals surface area contributed by atoms with Gasteiger partial charge in [0.15, 0.2) is 0 Å². The van der Waals surface area contributed by atoms with E-state index in [1.165, 1.54) is 43.8 Å². The zero-order valence-electron chi connectivity index (χ0n) is 21.2. The van der Waals surface area contributed by atoms with Crippen LogP contribution < -0.4 is 58.0 Å². The molecule has 36 heavy (non-hydrogen) atoms. The molecule has 0 bridgehead atoms. The fraction of sp³-hybridized carbons (Fsp3) is 0.207. The van der Waals surface area contributed by atoms with Crippen LogP contribution in [0.2, 0.25) is 0 Å². The van der Waals surface area contributed by atoms with Gasteiger partial charge in [0.05, 0.1) is 0 Å². The van der Waals surface area contributed by atoms with Crippen LogP contribution in [0.1, 0.15) is 33.4 Å². The molecule has 0 heterocycles. The van der Waals surface area contributed by atoms with Crippen molar-refractivity contribution in [2.45, 2.75) is 41.5 Å². The predicted molar refractivity (Wildman–Crippen MR) is 134 cm³/mol. The van der Waals surface area contributed by atoms with Crippen molar-refractivity contribution in [3.8, 4) is 0 Å². The van der Waals surface area contributed by atoms with Gasteiger partial charge in [-0.25, -0.2) is 8.78 Å². The second-order valence-electron chi connectivity index (χ2n) is 9.02. The van der Waals surface area contributed by atoms with E-state index in [9.17, 15) is 8.78 Å². The average Bonchev–Trinajstić information content (AvgIpc) is 2.94. The topological polar surface area (TPSA) is 0 Å². The smallest absolute Gasteiger partial charge is 1.00 e. The maximum Gasteiger partial charge on any atom is 4.00 e. The van der Waals surface area contributed by atoms with E-state index >= 15 is 0 Å². The molecule has 0 nitrogen and oxygen atoms in total. The van der Waals surface area contributed by atoms with Crippen molar-refractivity contribution in [3.05, 3.63) is 112 Å². The van der Waals surface area contributed by atoms with Gasteiger partial charge in [0.2, 0.25) is 0 Å². The third-order valence-corrected chi connectivity index (χ3v) is 12.1. The third kappa shape index (κ3) is 5.88. The van der Waals surface area contributed by atoms with E-state index in [2.05, 4.69) is 59.7 Å². The Balaban J connectivity index is 0.00000306. The van der Waals surface area contributed by atoms with Crippen LogP contribution in [0, 0.1) is 53.2 Å². The maximum atomic E-state index is 14.1. The first kappa shape index (κ1) is 34.7. The molecule has 188 valence electrons. The van der Waals surface area contributed by atoms with Crippen molar-refractivity contribution in [1.29, 1.82) is 0 Å². The van der Waals surface area contributed by atoms with Crippen molar-refractivity contribution < 1.29 is 67.7 Å². The summed E-state index contributed by atoms with van der Waals surface area (Å²) in [5, 5.41) is 4.78. The number of rotatable bonds is 4. The summed E-state index contributed by atoms with van der Waals surface area (Å²) >= 11 is 0. The van der Waals surface area contributed by atoms with Crippen LogP contribution in [0.25, 0.3) is 0 Å². The van der Waals surface area contributed by atoms with E-state index in [-0.39, 0.29) is 70.6 Å². The van der Waals surface area contributed by atoms with Crippen molar-refractivity contribution in [3.63, 3.8) is 0 Å². The van der Waals surface area contributed by atoms with Crippen molar-refractivity contribution in [1.82, 2.24) is 0 Å². The van der Waals surface area contributed by atoms with Crippen molar-refractivity contribution in [2.24, 2.45) is 0 Å². The van der Waals surface area contributed by atoms with E-state index in [0.29, 0.717) is 0 Å². The number of hydrogen-bond acceptors (Lipinski definition) is 0. The molecule has 0 aliphatic rings. The maximum absolute atomic E-state index is 14.1. The molecule has 0 aliphatic carbocycles. The first-order valence-corrected chi connectivity index (χ1v) is 13.0. The average molecular weight is 598 g/mol. The molecule has 0 aromatic heterocycles. The quantitative estimate of drug-likeness (QED) is 0.128. The summed E-state index contributed by atoms with van der Waals surface area (Å²) < 4.78 is 28.1. The number of aryl methyl sites for hydroxylation is 2. The monoisotopic (exact) mass is 596 g/mol. The molecule has 7 heteroatoms. The third-order valence-electron chi connectivity index (χ3n) is 7.02. The molecule has 0 fully saturated rings. The summed E-state index contributed by atoms with van der Waals surface area (Å²) in [5.41, 5.74) is 7.53. The standard InChI is InChI=1S/C29H29F2Si.3ClH.Ti/c1-18-15-19(2)17-28(16-18)32(26-11-7-24(30)8-12-26,27-13-9-25(31)10-14-27)29-22(5)20(3)21(4)23(29)6;;;;/h7-17H,1-6H3;3*1H;/q-1;;;;+4/p-3. The molecule has 0 radical (unpaired) electrons. The minimum absolute atomic E-state index is 0. The fourth-order valence-corrected chi connectivity index (χ4v) is 10.9. The molecule has 0 aliphatic heterocycles. The first-order chi connectivity index (χ1) is 15.2. The van der Waals surface area contributed by atoms with Gasteiger partial charge in [0.1, 0.15) is 19.7 Å². The van der Waals surface area contributed by atoms with Crippen molar-refractivity contribution >= 4 is 28.8 Å². The van der Waals surface area contributed by atoms with Crippen LogP contribution in [-0.4, -0.2) is 8.07 Å². The molecule has 0 saturated heterocycles. The number of halogens is 5. The van der Waals surface area contributed by atoms with Gasteiger partial charge < -0.3 is 37.2 Å². The molecular weight excluding hydrogens is 569 g/mol. The number of benzene rings is 3. The van der Waals surface area contributed by atoms with Gasteiger partial charge >= 0.3 is 21.7 Å². The fourth-order valence-electron chi connectivity index (χ4n) is 5.31. The van der Waals surface area contributed by atoms with Gasteiger partial charge in [-0.1, -0.05) is 96.8 Å². The van der Waals surface area contributed by atoms with E-state index in [1.807, 2.05) is 24.3 Å². The summed E-state index contributed by atoms with van der Waals surface area (Å²) in [5.74, 6) is -0.501. The molecule has 0 saturated carbocycles. The molecular formula is C29H29Cl3F2SiTi. The van der Waals surface area contributed by atoms with Gasteiger partial charge in [-0.3, -0.25) is 0 Å². The minimum atomic E-state index is -2.84. The first-order valence-electron chi connectivity index (χ1n) is 11.0. The van der Waals surface area contributed by atoms with Gasteiger partial charge in [0.25, 0.3) is 0 Å². The van der Waals surface area contributed by atoms with E-state index in [1.54, 1.807) is 24.3 Å². The van der Waals surface area contributed by atoms with Gasteiger partial charge in [0, 0.05) is 0 Å². The molecule has 0 spiro atoms. The van der Waals surface area contributed by atoms with E-state index in [0.717, 1.165) is 10.4 Å². The van der Waals surface area contributed by atoms with Gasteiger partial charge in [-0.2, -0.15) is 22.3 Å². The Labute approximate surface area is 248 Å². The van der Waals surface area contributed by atoms with Crippen LogP contribution in [0.15, 0.2) is 66.7 Å². The predicted octanol–water partition coefficient (Wildman–Crippen LogP) is -4.08. The summed E-state index contributed by atoms with van der Waals surface area (Å²) in [7, 11) is -2.84. The van der Waals surface area contributed by atoms with E-state index < -0.39 is 8.07 Å². The van der Waals surface area contributed by atoms with Crippen LogP contribution in [0.5, 0.6) is 0 Å². The van der Waals surface area contributed by atoms with Crippen LogP contribution in [-0.2, 0) is 21.7 Å². The van der Waals surface area contributed by atoms with E-state index in [4.69, 9.17) is 0 Å². The minimum Gasteiger partial charge on any atom is -1.00 e. The SMILES string of the molecule is Cc1cc(C)cc([Si](c2ccc(F)cc2)(c2ccc(F)cc2)[c-]2c(C)c(C)c(C)c2C)c1.[Cl-].[Cl-].[Cl-].[Ti+4]. The summed E-state index contributed by atoms with van der Waals surface area (Å²) in [6.07, 6.45) is 0. The Morgan fingerprint density at radius 1 is 0.528 bits per heavy atom. The molecule has 0 atom stereocenters. The van der Waals surface area contributed by atoms with Gasteiger partial charge in [-0.15, -0.1) is 5.19 Å².